The quantitative estimate of drug-likeness (QED) is 0.645. The smallest absolute Gasteiger partial charge is 0.119 e. The first-order valence-corrected chi connectivity index (χ1v) is 4.47. The Kier molecular flexibility index (Phi) is 3.36. The predicted octanol–water partition coefficient (Wildman–Crippen LogP) is 3.10. The maximum atomic E-state index is 5.40. The van der Waals surface area contributed by atoms with E-state index in [0.29, 0.717) is 0 Å². The summed E-state index contributed by atoms with van der Waals surface area (Å²) in [6.07, 6.45) is 7.45. The summed E-state index contributed by atoms with van der Waals surface area (Å²) in [5, 5.41) is 0. The molecule has 0 aromatic heterocycles. The van der Waals surface area contributed by atoms with Crippen LogP contribution in [0.15, 0.2) is 23.8 Å². The first-order chi connectivity index (χ1) is 6.67. The highest BCUT2D eigenvalue weighted by molar-refractivity contribution is 5.62. The zero-order valence-corrected chi connectivity index (χ0v) is 8.79. The number of methoxy groups -OCH3 is 1. The third-order valence-corrected chi connectivity index (χ3v) is 1.86. The van der Waals surface area contributed by atoms with Crippen LogP contribution in [0.25, 0.3) is 6.08 Å². The van der Waals surface area contributed by atoms with Crippen molar-refractivity contribution in [3.8, 4) is 18.1 Å². The number of terminal acetylenes is 1. The molecule has 0 bridgehead atoms. The van der Waals surface area contributed by atoms with Gasteiger partial charge in [-0.3, -0.25) is 0 Å². The molecule has 0 aliphatic rings. The summed E-state index contributed by atoms with van der Waals surface area (Å²) >= 11 is 0. The molecule has 0 fully saturated rings. The average molecular weight is 186 g/mol. The Morgan fingerprint density at radius 1 is 1.43 bits per heavy atom. The fraction of sp³-hybridized carbons (Fsp3) is 0.231. The predicted molar refractivity (Wildman–Crippen MR) is 60.3 cm³/mol. The lowest BCUT2D eigenvalue weighted by Crippen LogP contribution is -1.87. The molecule has 0 amide bonds. The van der Waals surface area contributed by atoms with Crippen LogP contribution in [0.5, 0.6) is 5.75 Å². The van der Waals surface area contributed by atoms with Crippen molar-refractivity contribution in [2.24, 2.45) is 0 Å². The molecular weight excluding hydrogens is 172 g/mol. The molecule has 0 saturated carbocycles. The van der Waals surface area contributed by atoms with Gasteiger partial charge in [-0.25, -0.2) is 0 Å². The highest BCUT2D eigenvalue weighted by Crippen LogP contribution is 2.19. The zero-order chi connectivity index (χ0) is 10.6. The Morgan fingerprint density at radius 2 is 2.14 bits per heavy atom. The highest BCUT2D eigenvalue weighted by atomic mass is 16.5. The van der Waals surface area contributed by atoms with E-state index in [9.17, 15) is 0 Å². The number of benzene rings is 1. The fourth-order valence-corrected chi connectivity index (χ4v) is 1.23. The Labute approximate surface area is 85.4 Å². The van der Waals surface area contributed by atoms with Crippen molar-refractivity contribution in [3.05, 3.63) is 34.9 Å². The minimum atomic E-state index is 0.830. The van der Waals surface area contributed by atoms with E-state index in [1.54, 1.807) is 7.11 Å². The molecule has 0 aliphatic carbocycles. The van der Waals surface area contributed by atoms with Crippen LogP contribution in [0, 0.1) is 12.3 Å². The van der Waals surface area contributed by atoms with E-state index in [-0.39, 0.29) is 0 Å². The molecule has 1 aromatic carbocycles. The van der Waals surface area contributed by atoms with Gasteiger partial charge in [-0.1, -0.05) is 17.6 Å². The van der Waals surface area contributed by atoms with Crippen LogP contribution < -0.4 is 4.74 Å². The largest absolute Gasteiger partial charge is 0.497 e. The summed E-state index contributed by atoms with van der Waals surface area (Å²) in [4.78, 5) is 0. The van der Waals surface area contributed by atoms with Gasteiger partial charge in [0.1, 0.15) is 5.75 Å². The maximum Gasteiger partial charge on any atom is 0.119 e. The van der Waals surface area contributed by atoms with Gasteiger partial charge in [0, 0.05) is 5.56 Å². The number of hydrogen-bond acceptors (Lipinski definition) is 1. The summed E-state index contributed by atoms with van der Waals surface area (Å²) in [7, 11) is 1.65. The molecule has 1 aromatic rings. The molecule has 1 heteroatoms. The molecule has 0 spiro atoms. The molecule has 0 saturated heterocycles. The third kappa shape index (κ3) is 2.40. The first-order valence-electron chi connectivity index (χ1n) is 4.47. The lowest BCUT2D eigenvalue weighted by atomic mass is 10.1. The number of ether oxygens (including phenoxy) is 1. The Bertz CT molecular complexity index is 390. The van der Waals surface area contributed by atoms with Crippen LogP contribution >= 0.6 is 0 Å². The van der Waals surface area contributed by atoms with Crippen LogP contribution in [0.3, 0.4) is 0 Å². The molecule has 0 atom stereocenters. The molecular formula is C13H14O. The summed E-state index contributed by atoms with van der Waals surface area (Å²) in [5.74, 6) is 3.48. The van der Waals surface area contributed by atoms with E-state index >= 15 is 0 Å². The molecule has 1 nitrogen and oxygen atoms in total. The molecule has 0 aliphatic heterocycles. The molecule has 0 heterocycles. The second kappa shape index (κ2) is 4.53. The van der Waals surface area contributed by atoms with Crippen molar-refractivity contribution < 1.29 is 4.74 Å². The van der Waals surface area contributed by atoms with Gasteiger partial charge >= 0.3 is 0 Å². The monoisotopic (exact) mass is 186 g/mol. The minimum Gasteiger partial charge on any atom is -0.497 e. The average Bonchev–Trinajstić information content (AvgIpc) is 2.16. The molecule has 0 unspecified atom stereocenters. The van der Waals surface area contributed by atoms with Crippen molar-refractivity contribution in [3.63, 3.8) is 0 Å². The van der Waals surface area contributed by atoms with Crippen LogP contribution in [-0.4, -0.2) is 7.11 Å². The number of allylic oxidation sites excluding steroid dienone is 1. The summed E-state index contributed by atoms with van der Waals surface area (Å²) in [6, 6.07) is 5.72. The normalized spacial score (nSPS) is 9.00. The van der Waals surface area contributed by atoms with Crippen LogP contribution in [0.4, 0.5) is 0 Å². The van der Waals surface area contributed by atoms with Gasteiger partial charge in [0.25, 0.3) is 0 Å². The standard InChI is InChI=1S/C13H14O/c1-5-11-6-7-13(14-4)9-12(11)8-10(2)3/h1,6-9H,2-4H3. The topological polar surface area (TPSA) is 9.23 Å². The number of hydrogen-bond donors (Lipinski definition) is 0. The van der Waals surface area contributed by atoms with Gasteiger partial charge in [0.15, 0.2) is 0 Å². The van der Waals surface area contributed by atoms with E-state index in [2.05, 4.69) is 12.0 Å². The van der Waals surface area contributed by atoms with Gasteiger partial charge in [-0.15, -0.1) is 6.42 Å². The molecule has 1 rings (SSSR count). The molecule has 0 radical (unpaired) electrons. The second-order valence-corrected chi connectivity index (χ2v) is 3.32. The van der Waals surface area contributed by atoms with Crippen molar-refractivity contribution in [2.75, 3.05) is 7.11 Å². The molecule has 0 N–H and O–H groups in total. The fourth-order valence-electron chi connectivity index (χ4n) is 1.23. The summed E-state index contributed by atoms with van der Waals surface area (Å²) in [6.45, 7) is 4.08. The zero-order valence-electron chi connectivity index (χ0n) is 8.79. The van der Waals surface area contributed by atoms with Crippen molar-refractivity contribution in [1.82, 2.24) is 0 Å². The van der Waals surface area contributed by atoms with E-state index in [1.807, 2.05) is 32.0 Å². The van der Waals surface area contributed by atoms with Gasteiger partial charge in [-0.05, 0) is 37.6 Å². The van der Waals surface area contributed by atoms with Crippen molar-refractivity contribution in [2.45, 2.75) is 13.8 Å². The van der Waals surface area contributed by atoms with Crippen molar-refractivity contribution >= 4 is 6.08 Å². The Balaban J connectivity index is 3.24. The number of rotatable bonds is 2. The van der Waals surface area contributed by atoms with E-state index in [4.69, 9.17) is 11.2 Å². The highest BCUT2D eigenvalue weighted by Gasteiger charge is 1.99. The van der Waals surface area contributed by atoms with Crippen molar-refractivity contribution in [1.29, 1.82) is 0 Å². The van der Waals surface area contributed by atoms with E-state index in [0.717, 1.165) is 16.9 Å². The second-order valence-electron chi connectivity index (χ2n) is 3.32. The van der Waals surface area contributed by atoms with Crippen LogP contribution in [-0.2, 0) is 0 Å². The summed E-state index contributed by atoms with van der Waals surface area (Å²) < 4.78 is 5.14. The summed E-state index contributed by atoms with van der Waals surface area (Å²) in [5.41, 5.74) is 3.15. The van der Waals surface area contributed by atoms with Crippen LogP contribution in [0.2, 0.25) is 0 Å². The molecule has 14 heavy (non-hydrogen) atoms. The minimum absolute atomic E-state index is 0.830. The lowest BCUT2D eigenvalue weighted by molar-refractivity contribution is 0.414. The van der Waals surface area contributed by atoms with Gasteiger partial charge in [0.2, 0.25) is 0 Å². The Hall–Kier alpha value is -1.68. The van der Waals surface area contributed by atoms with Gasteiger partial charge < -0.3 is 4.74 Å². The molecule has 72 valence electrons. The lowest BCUT2D eigenvalue weighted by Gasteiger charge is -2.04. The Morgan fingerprint density at radius 3 is 2.64 bits per heavy atom. The van der Waals surface area contributed by atoms with Crippen LogP contribution in [0.1, 0.15) is 25.0 Å². The van der Waals surface area contributed by atoms with Gasteiger partial charge in [0.05, 0.1) is 7.11 Å². The maximum absolute atomic E-state index is 5.40. The van der Waals surface area contributed by atoms with E-state index in [1.165, 1.54) is 5.57 Å². The van der Waals surface area contributed by atoms with Gasteiger partial charge in [-0.2, -0.15) is 0 Å². The third-order valence-electron chi connectivity index (χ3n) is 1.86. The SMILES string of the molecule is C#Cc1ccc(OC)cc1C=C(C)C. The first kappa shape index (κ1) is 10.4. The van der Waals surface area contributed by atoms with E-state index < -0.39 is 0 Å².